The zero-order valence-corrected chi connectivity index (χ0v) is 8.71. The van der Waals surface area contributed by atoms with Gasteiger partial charge in [0.1, 0.15) is 0 Å². The minimum atomic E-state index is 0.736. The highest BCUT2D eigenvalue weighted by atomic mass is 79.9. The Kier molecular flexibility index (Phi) is 1.56. The van der Waals surface area contributed by atoms with Gasteiger partial charge in [-0.25, -0.2) is 9.98 Å². The molecule has 3 aliphatic rings. The van der Waals surface area contributed by atoms with Gasteiger partial charge in [-0.1, -0.05) is 15.9 Å². The minimum absolute atomic E-state index is 0.736. The molecule has 0 amide bonds. The standard InChI is InChI=1S/C10H9BrN2/c11-8-3-7-4-9(6-1-2-6)13-10(7)12-5-8/h4-6H,1-3H2. The molecule has 2 aliphatic heterocycles. The van der Waals surface area contributed by atoms with Crippen molar-refractivity contribution in [1.82, 2.24) is 0 Å². The summed E-state index contributed by atoms with van der Waals surface area (Å²) < 4.78 is 1.15. The molecule has 0 N–H and O–H groups in total. The van der Waals surface area contributed by atoms with Crippen LogP contribution in [-0.4, -0.2) is 11.5 Å². The summed E-state index contributed by atoms with van der Waals surface area (Å²) in [6.45, 7) is 0. The summed E-state index contributed by atoms with van der Waals surface area (Å²) in [5, 5.41) is 0. The van der Waals surface area contributed by atoms with Crippen molar-refractivity contribution < 1.29 is 0 Å². The lowest BCUT2D eigenvalue weighted by Gasteiger charge is -2.05. The Labute approximate surface area is 85.3 Å². The maximum absolute atomic E-state index is 4.52. The second-order valence-corrected chi connectivity index (χ2v) is 4.70. The van der Waals surface area contributed by atoms with Gasteiger partial charge in [0.05, 0.1) is 0 Å². The molecule has 0 aromatic heterocycles. The normalized spacial score (nSPS) is 25.9. The molecule has 0 spiro atoms. The van der Waals surface area contributed by atoms with Crippen molar-refractivity contribution in [3.8, 4) is 0 Å². The SMILES string of the molecule is BrC1=CN=C2N=C(C3CC3)C=C2C1. The molecule has 1 saturated carbocycles. The first-order valence-corrected chi connectivity index (χ1v) is 5.34. The van der Waals surface area contributed by atoms with Crippen molar-refractivity contribution in [2.24, 2.45) is 15.9 Å². The van der Waals surface area contributed by atoms with Gasteiger partial charge < -0.3 is 0 Å². The maximum Gasteiger partial charge on any atom is 0.155 e. The summed E-state index contributed by atoms with van der Waals surface area (Å²) in [4.78, 5) is 8.80. The van der Waals surface area contributed by atoms with Crippen molar-refractivity contribution in [3.63, 3.8) is 0 Å². The van der Waals surface area contributed by atoms with Gasteiger partial charge in [0.15, 0.2) is 5.84 Å². The molecule has 0 aromatic carbocycles. The molecule has 13 heavy (non-hydrogen) atoms. The minimum Gasteiger partial charge on any atom is -0.236 e. The van der Waals surface area contributed by atoms with E-state index in [1.165, 1.54) is 24.1 Å². The van der Waals surface area contributed by atoms with Gasteiger partial charge >= 0.3 is 0 Å². The van der Waals surface area contributed by atoms with Crippen LogP contribution in [0.4, 0.5) is 0 Å². The number of rotatable bonds is 1. The van der Waals surface area contributed by atoms with Crippen LogP contribution >= 0.6 is 15.9 Å². The fourth-order valence-electron chi connectivity index (χ4n) is 1.66. The van der Waals surface area contributed by atoms with Crippen LogP contribution in [0.3, 0.4) is 0 Å². The van der Waals surface area contributed by atoms with Gasteiger partial charge in [0.25, 0.3) is 0 Å². The van der Waals surface area contributed by atoms with E-state index in [2.05, 4.69) is 32.0 Å². The summed E-state index contributed by atoms with van der Waals surface area (Å²) in [7, 11) is 0. The van der Waals surface area contributed by atoms with Crippen molar-refractivity contribution in [2.75, 3.05) is 0 Å². The highest BCUT2D eigenvalue weighted by Gasteiger charge is 2.30. The number of halogens is 1. The number of aliphatic imine (C=N–C) groups is 2. The summed E-state index contributed by atoms with van der Waals surface area (Å²) in [5.41, 5.74) is 2.53. The first-order valence-electron chi connectivity index (χ1n) is 4.55. The highest BCUT2D eigenvalue weighted by molar-refractivity contribution is 9.11. The lowest BCUT2D eigenvalue weighted by molar-refractivity contribution is 1.21. The molecule has 0 unspecified atom stereocenters. The molecular formula is C10H9BrN2. The van der Waals surface area contributed by atoms with E-state index in [4.69, 9.17) is 0 Å². The Morgan fingerprint density at radius 2 is 2.23 bits per heavy atom. The Balaban J connectivity index is 1.95. The van der Waals surface area contributed by atoms with Crippen LogP contribution in [0.5, 0.6) is 0 Å². The van der Waals surface area contributed by atoms with Gasteiger partial charge in [-0.3, -0.25) is 0 Å². The first kappa shape index (κ1) is 7.68. The molecule has 0 saturated heterocycles. The van der Waals surface area contributed by atoms with Crippen LogP contribution in [0.15, 0.2) is 32.3 Å². The van der Waals surface area contributed by atoms with E-state index in [-0.39, 0.29) is 0 Å². The zero-order valence-electron chi connectivity index (χ0n) is 7.13. The van der Waals surface area contributed by atoms with E-state index in [1.54, 1.807) is 0 Å². The molecule has 1 aliphatic carbocycles. The fourth-order valence-corrected chi connectivity index (χ4v) is 2.06. The third-order valence-electron chi connectivity index (χ3n) is 2.53. The summed E-state index contributed by atoms with van der Waals surface area (Å²) in [6, 6.07) is 0. The van der Waals surface area contributed by atoms with E-state index in [0.29, 0.717) is 0 Å². The molecule has 1 fully saturated rings. The van der Waals surface area contributed by atoms with Crippen LogP contribution < -0.4 is 0 Å². The van der Waals surface area contributed by atoms with Crippen molar-refractivity contribution in [1.29, 1.82) is 0 Å². The number of nitrogens with zero attached hydrogens (tertiary/aromatic N) is 2. The second kappa shape index (κ2) is 2.64. The number of amidine groups is 1. The summed E-state index contributed by atoms with van der Waals surface area (Å²) >= 11 is 3.46. The molecule has 3 heteroatoms. The smallest absolute Gasteiger partial charge is 0.155 e. The molecule has 0 aromatic rings. The van der Waals surface area contributed by atoms with Gasteiger partial charge in [0, 0.05) is 34.3 Å². The predicted octanol–water partition coefficient (Wildman–Crippen LogP) is 2.82. The van der Waals surface area contributed by atoms with E-state index in [0.717, 1.165) is 22.7 Å². The molecule has 0 atom stereocenters. The van der Waals surface area contributed by atoms with Crippen LogP contribution in [0, 0.1) is 5.92 Å². The number of hydrogen-bond donors (Lipinski definition) is 0. The molecule has 2 nitrogen and oxygen atoms in total. The van der Waals surface area contributed by atoms with Gasteiger partial charge in [-0.05, 0) is 18.9 Å². The fraction of sp³-hybridized carbons (Fsp3) is 0.400. The first-order chi connectivity index (χ1) is 6.33. The largest absolute Gasteiger partial charge is 0.236 e. The molecule has 66 valence electrons. The van der Waals surface area contributed by atoms with Crippen molar-refractivity contribution in [3.05, 3.63) is 22.3 Å². The number of hydrogen-bond acceptors (Lipinski definition) is 2. The van der Waals surface area contributed by atoms with Gasteiger partial charge in [0.2, 0.25) is 0 Å². The average molecular weight is 237 g/mol. The zero-order chi connectivity index (χ0) is 8.84. The average Bonchev–Trinajstić information content (AvgIpc) is 2.87. The lowest BCUT2D eigenvalue weighted by Crippen LogP contribution is -1.98. The van der Waals surface area contributed by atoms with E-state index in [1.807, 2.05) is 6.20 Å². The molecule has 0 bridgehead atoms. The van der Waals surface area contributed by atoms with Crippen LogP contribution in [0.25, 0.3) is 0 Å². The van der Waals surface area contributed by atoms with Gasteiger partial charge in [-0.2, -0.15) is 0 Å². The lowest BCUT2D eigenvalue weighted by atomic mass is 10.1. The second-order valence-electron chi connectivity index (χ2n) is 3.69. The van der Waals surface area contributed by atoms with Crippen LogP contribution in [0.1, 0.15) is 19.3 Å². The quantitative estimate of drug-likeness (QED) is 0.669. The number of fused-ring (bicyclic) bond motifs is 1. The predicted molar refractivity (Wildman–Crippen MR) is 57.3 cm³/mol. The van der Waals surface area contributed by atoms with Crippen molar-refractivity contribution >= 4 is 27.5 Å². The summed E-state index contributed by atoms with van der Waals surface area (Å²) in [5.74, 6) is 1.67. The maximum atomic E-state index is 4.52. The van der Waals surface area contributed by atoms with Gasteiger partial charge in [-0.15, -0.1) is 0 Å². The Bertz CT molecular complexity index is 384. The van der Waals surface area contributed by atoms with Crippen LogP contribution in [-0.2, 0) is 0 Å². The Hall–Kier alpha value is -0.700. The number of allylic oxidation sites excluding steroid dienone is 2. The summed E-state index contributed by atoms with van der Waals surface area (Å²) in [6.07, 6.45) is 7.64. The molecule has 3 rings (SSSR count). The Morgan fingerprint density at radius 1 is 1.38 bits per heavy atom. The topological polar surface area (TPSA) is 24.7 Å². The van der Waals surface area contributed by atoms with E-state index < -0.39 is 0 Å². The third kappa shape index (κ3) is 1.31. The van der Waals surface area contributed by atoms with E-state index >= 15 is 0 Å². The van der Waals surface area contributed by atoms with Crippen LogP contribution in [0.2, 0.25) is 0 Å². The monoisotopic (exact) mass is 236 g/mol. The molecule has 0 radical (unpaired) electrons. The van der Waals surface area contributed by atoms with E-state index in [9.17, 15) is 0 Å². The Morgan fingerprint density at radius 3 is 3.00 bits per heavy atom. The third-order valence-corrected chi connectivity index (χ3v) is 3.01. The molecule has 2 heterocycles. The molecular weight excluding hydrogens is 228 g/mol. The highest BCUT2D eigenvalue weighted by Crippen LogP contribution is 2.36. The van der Waals surface area contributed by atoms with Crippen molar-refractivity contribution in [2.45, 2.75) is 19.3 Å².